The van der Waals surface area contributed by atoms with Crippen LogP contribution in [0.25, 0.3) is 10.9 Å². The van der Waals surface area contributed by atoms with Gasteiger partial charge in [0.25, 0.3) is 5.91 Å². The normalized spacial score (nSPS) is 15.7. The third-order valence-electron chi connectivity index (χ3n) is 5.06. The molecule has 1 aromatic carbocycles. The number of hydrogen-bond donors (Lipinski definition) is 1. The van der Waals surface area contributed by atoms with Crippen molar-refractivity contribution in [2.45, 2.75) is 44.3 Å². The Labute approximate surface area is 159 Å². The molecular formula is C20H19F3N4O. The zero-order chi connectivity index (χ0) is 19.7. The van der Waals surface area contributed by atoms with Crippen molar-refractivity contribution in [2.24, 2.45) is 0 Å². The summed E-state index contributed by atoms with van der Waals surface area (Å²) in [6.45, 7) is 0. The van der Waals surface area contributed by atoms with Crippen molar-refractivity contribution in [3.63, 3.8) is 0 Å². The van der Waals surface area contributed by atoms with E-state index in [2.05, 4.69) is 15.4 Å². The molecule has 0 unspecified atom stereocenters. The number of benzene rings is 1. The smallest absolute Gasteiger partial charge is 0.322 e. The van der Waals surface area contributed by atoms with Crippen LogP contribution in [0.5, 0.6) is 0 Å². The number of rotatable bonds is 3. The maximum absolute atomic E-state index is 12.8. The van der Waals surface area contributed by atoms with Gasteiger partial charge in [0.15, 0.2) is 0 Å². The van der Waals surface area contributed by atoms with Gasteiger partial charge in [-0.15, -0.1) is 0 Å². The topological polar surface area (TPSA) is 59.8 Å². The van der Waals surface area contributed by atoms with E-state index in [4.69, 9.17) is 0 Å². The zero-order valence-electron chi connectivity index (χ0n) is 15.0. The quantitative estimate of drug-likeness (QED) is 0.670. The van der Waals surface area contributed by atoms with Crippen LogP contribution < -0.4 is 5.32 Å². The van der Waals surface area contributed by atoms with Gasteiger partial charge in [-0.1, -0.05) is 19.3 Å². The van der Waals surface area contributed by atoms with Crippen molar-refractivity contribution in [3.05, 3.63) is 54.0 Å². The number of amides is 1. The first-order valence-electron chi connectivity index (χ1n) is 9.23. The summed E-state index contributed by atoms with van der Waals surface area (Å²) in [6, 6.07) is 6.46. The Morgan fingerprint density at radius 1 is 1.11 bits per heavy atom. The van der Waals surface area contributed by atoms with E-state index in [1.807, 2.05) is 10.9 Å². The number of carbonyl (C=O) groups excluding carboxylic acids is 1. The van der Waals surface area contributed by atoms with E-state index in [1.54, 1.807) is 18.2 Å². The van der Waals surface area contributed by atoms with Crippen molar-refractivity contribution in [2.75, 3.05) is 5.32 Å². The fourth-order valence-electron chi connectivity index (χ4n) is 3.58. The number of aromatic nitrogens is 3. The molecule has 0 radical (unpaired) electrons. The lowest BCUT2D eigenvalue weighted by Crippen LogP contribution is -2.14. The van der Waals surface area contributed by atoms with Gasteiger partial charge in [-0.25, -0.2) is 0 Å². The average molecular weight is 388 g/mol. The summed E-state index contributed by atoms with van der Waals surface area (Å²) < 4.78 is 40.4. The number of alkyl halides is 3. The van der Waals surface area contributed by atoms with Gasteiger partial charge in [0.1, 0.15) is 0 Å². The summed E-state index contributed by atoms with van der Waals surface area (Å²) in [5.41, 5.74) is 0.222. The van der Waals surface area contributed by atoms with Gasteiger partial charge in [0.05, 0.1) is 22.7 Å². The number of nitrogens with zero attached hydrogens (tertiary/aromatic N) is 3. The molecule has 2 heterocycles. The van der Waals surface area contributed by atoms with Crippen molar-refractivity contribution in [3.8, 4) is 0 Å². The second kappa shape index (κ2) is 7.26. The van der Waals surface area contributed by atoms with Gasteiger partial charge < -0.3 is 5.32 Å². The van der Waals surface area contributed by atoms with Gasteiger partial charge in [0.2, 0.25) is 0 Å². The van der Waals surface area contributed by atoms with Crippen molar-refractivity contribution in [1.29, 1.82) is 0 Å². The van der Waals surface area contributed by atoms with Crippen LogP contribution in [-0.2, 0) is 6.18 Å². The van der Waals surface area contributed by atoms with Crippen LogP contribution in [0.2, 0.25) is 0 Å². The van der Waals surface area contributed by atoms with Crippen LogP contribution in [-0.4, -0.2) is 20.7 Å². The van der Waals surface area contributed by atoms with Crippen LogP contribution in [0.1, 0.15) is 54.1 Å². The largest absolute Gasteiger partial charge is 0.417 e. The monoisotopic (exact) mass is 388 g/mol. The van der Waals surface area contributed by atoms with E-state index in [0.717, 1.165) is 36.0 Å². The lowest BCUT2D eigenvalue weighted by molar-refractivity contribution is -0.137. The number of carbonyl (C=O) groups is 1. The molecule has 0 saturated heterocycles. The van der Waals surface area contributed by atoms with Crippen LogP contribution in [0, 0.1) is 0 Å². The highest BCUT2D eigenvalue weighted by Gasteiger charge is 2.31. The van der Waals surface area contributed by atoms with Gasteiger partial charge in [-0.05, 0) is 37.1 Å². The van der Waals surface area contributed by atoms with E-state index in [1.165, 1.54) is 19.3 Å². The van der Waals surface area contributed by atoms with E-state index in [-0.39, 0.29) is 5.56 Å². The van der Waals surface area contributed by atoms with Gasteiger partial charge in [0, 0.05) is 29.7 Å². The first kappa shape index (κ1) is 18.5. The van der Waals surface area contributed by atoms with E-state index < -0.39 is 17.6 Å². The van der Waals surface area contributed by atoms with Crippen LogP contribution >= 0.6 is 0 Å². The number of hydrogen-bond acceptors (Lipinski definition) is 3. The summed E-state index contributed by atoms with van der Waals surface area (Å²) in [5.74, 6) is -0.641. The Balaban J connectivity index is 1.54. The Hall–Kier alpha value is -2.90. The molecule has 0 aliphatic heterocycles. The summed E-state index contributed by atoms with van der Waals surface area (Å²) >= 11 is 0. The molecule has 1 saturated carbocycles. The maximum atomic E-state index is 12.8. The predicted octanol–water partition coefficient (Wildman–Crippen LogP) is 5.21. The molecule has 0 spiro atoms. The molecule has 3 aromatic rings. The molecule has 146 valence electrons. The molecule has 1 fully saturated rings. The molecular weight excluding hydrogens is 369 g/mol. The first-order valence-corrected chi connectivity index (χ1v) is 9.23. The molecule has 1 N–H and O–H groups in total. The summed E-state index contributed by atoms with van der Waals surface area (Å²) in [7, 11) is 0. The molecule has 8 heteroatoms. The molecule has 1 amide bonds. The van der Waals surface area contributed by atoms with E-state index >= 15 is 0 Å². The predicted molar refractivity (Wildman–Crippen MR) is 99.0 cm³/mol. The summed E-state index contributed by atoms with van der Waals surface area (Å²) in [5, 5.41) is 8.14. The first-order chi connectivity index (χ1) is 13.4. The van der Waals surface area contributed by atoms with Crippen LogP contribution in [0.3, 0.4) is 0 Å². The molecule has 0 atom stereocenters. The molecule has 1 aliphatic carbocycles. The second-order valence-electron chi connectivity index (χ2n) is 7.09. The average Bonchev–Trinajstić information content (AvgIpc) is 3.11. The number of fused-ring (bicyclic) bond motifs is 1. The van der Waals surface area contributed by atoms with Gasteiger partial charge in [-0.3, -0.25) is 14.5 Å². The lowest BCUT2D eigenvalue weighted by atomic mass is 9.96. The highest BCUT2D eigenvalue weighted by atomic mass is 19.4. The maximum Gasteiger partial charge on any atom is 0.417 e. The van der Waals surface area contributed by atoms with Gasteiger partial charge >= 0.3 is 6.18 Å². The molecule has 2 aromatic heterocycles. The van der Waals surface area contributed by atoms with Crippen molar-refractivity contribution < 1.29 is 18.0 Å². The third-order valence-corrected chi connectivity index (χ3v) is 5.06. The molecule has 0 bridgehead atoms. The molecule has 1 aliphatic rings. The van der Waals surface area contributed by atoms with Crippen LogP contribution in [0.4, 0.5) is 18.9 Å². The molecule has 5 nitrogen and oxygen atoms in total. The number of pyridine rings is 1. The summed E-state index contributed by atoms with van der Waals surface area (Å²) in [4.78, 5) is 15.9. The number of halogens is 3. The molecule has 28 heavy (non-hydrogen) atoms. The highest BCUT2D eigenvalue weighted by molar-refractivity contribution is 6.05. The lowest BCUT2D eigenvalue weighted by Gasteiger charge is -2.21. The SMILES string of the molecule is O=C(Nc1ccc2nn(C3CCCCC3)cc2c1)c1cncc(C(F)(F)F)c1. The Morgan fingerprint density at radius 3 is 2.64 bits per heavy atom. The van der Waals surface area contributed by atoms with Gasteiger partial charge in [-0.2, -0.15) is 18.3 Å². The Morgan fingerprint density at radius 2 is 1.89 bits per heavy atom. The highest BCUT2D eigenvalue weighted by Crippen LogP contribution is 2.30. The fourth-order valence-corrected chi connectivity index (χ4v) is 3.58. The van der Waals surface area contributed by atoms with E-state index in [0.29, 0.717) is 17.9 Å². The minimum absolute atomic E-state index is 0.146. The molecule has 4 rings (SSSR count). The Kier molecular flexibility index (Phi) is 4.78. The minimum atomic E-state index is -4.55. The third kappa shape index (κ3) is 3.85. The second-order valence-corrected chi connectivity index (χ2v) is 7.09. The Bertz CT molecular complexity index is 1010. The van der Waals surface area contributed by atoms with Crippen molar-refractivity contribution >= 4 is 22.5 Å². The zero-order valence-corrected chi connectivity index (χ0v) is 15.0. The van der Waals surface area contributed by atoms with E-state index in [9.17, 15) is 18.0 Å². The fraction of sp³-hybridized carbons (Fsp3) is 0.350. The van der Waals surface area contributed by atoms with Crippen LogP contribution in [0.15, 0.2) is 42.9 Å². The number of nitrogens with one attached hydrogen (secondary N) is 1. The number of anilines is 1. The minimum Gasteiger partial charge on any atom is -0.322 e. The van der Waals surface area contributed by atoms with Crippen molar-refractivity contribution in [1.82, 2.24) is 14.8 Å². The summed E-state index contributed by atoms with van der Waals surface area (Å²) in [6.07, 6.45) is 5.12. The standard InChI is InChI=1S/C20H19F3N4O/c21-20(22,23)15-8-13(10-24-11-15)19(28)25-16-6-7-18-14(9-16)12-27(26-18)17-4-2-1-3-5-17/h6-12,17H,1-5H2,(H,25,28).